The molecule has 0 heterocycles. The molecule has 1 aromatic carbocycles. The normalized spacial score (nSPS) is 10.5. The molecule has 0 saturated heterocycles. The fourth-order valence-electron chi connectivity index (χ4n) is 0.948. The van der Waals surface area contributed by atoms with Crippen molar-refractivity contribution in [1.82, 2.24) is 0 Å². The van der Waals surface area contributed by atoms with Crippen LogP contribution >= 0.6 is 11.8 Å². The number of hydrogen-bond donors (Lipinski definition) is 0. The van der Waals surface area contributed by atoms with Gasteiger partial charge >= 0.3 is 0 Å². The van der Waals surface area contributed by atoms with Crippen LogP contribution in [0.3, 0.4) is 0 Å². The smallest absolute Gasteiger partial charge is 0.00719 e. The predicted molar refractivity (Wildman–Crippen MR) is 52.0 cm³/mol. The highest BCUT2D eigenvalue weighted by molar-refractivity contribution is 7.98. The zero-order valence-corrected chi connectivity index (χ0v) is 7.82. The molecule has 1 heteroatoms. The van der Waals surface area contributed by atoms with Crippen molar-refractivity contribution in [3.8, 4) is 0 Å². The molecule has 0 aliphatic rings. The molecule has 0 amide bonds. The van der Waals surface area contributed by atoms with Gasteiger partial charge in [0.15, 0.2) is 0 Å². The lowest BCUT2D eigenvalue weighted by Gasteiger charge is -2.05. The molecular formula is C10H13S. The molecular weight excluding hydrogens is 152 g/mol. The molecule has 11 heavy (non-hydrogen) atoms. The zero-order valence-electron chi connectivity index (χ0n) is 7.00. The molecule has 1 unspecified atom stereocenters. The van der Waals surface area contributed by atoms with E-state index in [0.29, 0.717) is 5.92 Å². The molecule has 0 bridgehead atoms. The first-order chi connectivity index (χ1) is 5.24. The van der Waals surface area contributed by atoms with Gasteiger partial charge < -0.3 is 0 Å². The van der Waals surface area contributed by atoms with Crippen LogP contribution in [0, 0.1) is 6.92 Å². The third kappa shape index (κ3) is 2.26. The number of rotatable bonds is 2. The van der Waals surface area contributed by atoms with Crippen molar-refractivity contribution in [2.75, 3.05) is 6.26 Å². The Bertz CT molecular complexity index is 228. The van der Waals surface area contributed by atoms with Gasteiger partial charge in [-0.1, -0.05) is 19.1 Å². The first kappa shape index (κ1) is 8.66. The summed E-state index contributed by atoms with van der Waals surface area (Å²) in [5.74, 6) is 0.391. The molecule has 0 N–H and O–H groups in total. The van der Waals surface area contributed by atoms with E-state index in [0.717, 1.165) is 0 Å². The third-order valence-corrected chi connectivity index (χ3v) is 2.39. The number of benzene rings is 1. The first-order valence-electron chi connectivity index (χ1n) is 3.71. The number of hydrogen-bond acceptors (Lipinski definition) is 1. The van der Waals surface area contributed by atoms with Crippen LogP contribution in [0.5, 0.6) is 0 Å². The summed E-state index contributed by atoms with van der Waals surface area (Å²) in [4.78, 5) is 1.32. The van der Waals surface area contributed by atoms with Gasteiger partial charge in [0.2, 0.25) is 0 Å². The van der Waals surface area contributed by atoms with Gasteiger partial charge in [0, 0.05) is 4.90 Å². The summed E-state index contributed by atoms with van der Waals surface area (Å²) >= 11 is 1.77. The van der Waals surface area contributed by atoms with Gasteiger partial charge in [0.1, 0.15) is 0 Å². The van der Waals surface area contributed by atoms with Gasteiger partial charge in [-0.05, 0) is 36.8 Å². The van der Waals surface area contributed by atoms with Crippen LogP contribution < -0.4 is 0 Å². The highest BCUT2D eigenvalue weighted by atomic mass is 32.2. The zero-order chi connectivity index (χ0) is 8.27. The minimum absolute atomic E-state index is 0.391. The monoisotopic (exact) mass is 165 g/mol. The van der Waals surface area contributed by atoms with Crippen molar-refractivity contribution < 1.29 is 0 Å². The first-order valence-corrected chi connectivity index (χ1v) is 4.93. The molecule has 0 saturated carbocycles. The minimum atomic E-state index is 0.391. The summed E-state index contributed by atoms with van der Waals surface area (Å²) in [5, 5.41) is 0. The van der Waals surface area contributed by atoms with Crippen LogP contribution in [0.25, 0.3) is 0 Å². The summed E-state index contributed by atoms with van der Waals surface area (Å²) in [6.07, 6.45) is 2.09. The van der Waals surface area contributed by atoms with E-state index < -0.39 is 0 Å². The van der Waals surface area contributed by atoms with Crippen LogP contribution in [-0.2, 0) is 0 Å². The average molecular weight is 165 g/mol. The lowest BCUT2D eigenvalue weighted by molar-refractivity contribution is 0.957. The topological polar surface area (TPSA) is 0 Å². The van der Waals surface area contributed by atoms with E-state index in [1.54, 1.807) is 11.8 Å². The van der Waals surface area contributed by atoms with Crippen molar-refractivity contribution >= 4 is 11.8 Å². The lowest BCUT2D eigenvalue weighted by atomic mass is 10.0. The Morgan fingerprint density at radius 3 is 2.73 bits per heavy atom. The van der Waals surface area contributed by atoms with Crippen molar-refractivity contribution in [3.05, 3.63) is 36.8 Å². The van der Waals surface area contributed by atoms with Crippen molar-refractivity contribution in [2.24, 2.45) is 0 Å². The van der Waals surface area contributed by atoms with Crippen LogP contribution in [0.15, 0.2) is 29.2 Å². The summed E-state index contributed by atoms with van der Waals surface area (Å²) in [5.41, 5.74) is 1.32. The Hall–Kier alpha value is -0.430. The SMILES string of the molecule is [CH2]C(C)c1cccc(SC)c1. The lowest BCUT2D eigenvalue weighted by Crippen LogP contribution is -1.86. The van der Waals surface area contributed by atoms with E-state index in [9.17, 15) is 0 Å². The molecule has 0 fully saturated rings. The van der Waals surface area contributed by atoms with E-state index in [1.165, 1.54) is 10.5 Å². The van der Waals surface area contributed by atoms with Crippen LogP contribution in [0.4, 0.5) is 0 Å². The molecule has 1 aromatic rings. The molecule has 0 spiro atoms. The summed E-state index contributed by atoms with van der Waals surface area (Å²) in [6.45, 7) is 6.09. The fraction of sp³-hybridized carbons (Fsp3) is 0.300. The molecule has 1 atom stereocenters. The Balaban J connectivity index is 2.91. The second-order valence-corrected chi connectivity index (χ2v) is 3.56. The maximum Gasteiger partial charge on any atom is 0.00719 e. The Morgan fingerprint density at radius 2 is 2.18 bits per heavy atom. The van der Waals surface area contributed by atoms with Crippen molar-refractivity contribution in [2.45, 2.75) is 17.7 Å². The second-order valence-electron chi connectivity index (χ2n) is 2.68. The largest absolute Gasteiger partial charge is 0.130 e. The molecule has 1 radical (unpaired) electrons. The Labute approximate surface area is 73.0 Å². The maximum atomic E-state index is 3.97. The summed E-state index contributed by atoms with van der Waals surface area (Å²) in [7, 11) is 0. The van der Waals surface area contributed by atoms with Gasteiger partial charge in [-0.25, -0.2) is 0 Å². The van der Waals surface area contributed by atoms with Gasteiger partial charge in [-0.15, -0.1) is 11.8 Å². The second kappa shape index (κ2) is 3.82. The highest BCUT2D eigenvalue weighted by Gasteiger charge is 1.98. The van der Waals surface area contributed by atoms with Gasteiger partial charge in [-0.2, -0.15) is 0 Å². The maximum absolute atomic E-state index is 3.97. The fourth-order valence-corrected chi connectivity index (χ4v) is 1.42. The molecule has 0 nitrogen and oxygen atoms in total. The Morgan fingerprint density at radius 1 is 1.45 bits per heavy atom. The van der Waals surface area contributed by atoms with Crippen molar-refractivity contribution in [1.29, 1.82) is 0 Å². The van der Waals surface area contributed by atoms with Crippen molar-refractivity contribution in [3.63, 3.8) is 0 Å². The standard InChI is InChI=1S/C10H13S/c1-8(2)9-5-4-6-10(7-9)11-3/h4-8H,1H2,2-3H3. The summed E-state index contributed by atoms with van der Waals surface area (Å²) in [6, 6.07) is 8.53. The van der Waals surface area contributed by atoms with E-state index in [2.05, 4.69) is 44.4 Å². The van der Waals surface area contributed by atoms with Crippen LogP contribution in [0.1, 0.15) is 18.4 Å². The van der Waals surface area contributed by atoms with Gasteiger partial charge in [-0.3, -0.25) is 0 Å². The predicted octanol–water partition coefficient (Wildman–Crippen LogP) is 3.35. The average Bonchev–Trinajstić information content (AvgIpc) is 2.05. The van der Waals surface area contributed by atoms with E-state index in [-0.39, 0.29) is 0 Å². The third-order valence-electron chi connectivity index (χ3n) is 1.66. The molecule has 0 aliphatic carbocycles. The Kier molecular flexibility index (Phi) is 3.01. The minimum Gasteiger partial charge on any atom is -0.130 e. The van der Waals surface area contributed by atoms with Crippen LogP contribution in [0.2, 0.25) is 0 Å². The van der Waals surface area contributed by atoms with E-state index in [1.807, 2.05) is 0 Å². The quantitative estimate of drug-likeness (QED) is 0.606. The van der Waals surface area contributed by atoms with E-state index >= 15 is 0 Å². The molecule has 0 aliphatic heterocycles. The molecule has 0 aromatic heterocycles. The van der Waals surface area contributed by atoms with Gasteiger partial charge in [0.05, 0.1) is 0 Å². The molecule has 59 valence electrons. The van der Waals surface area contributed by atoms with Crippen LogP contribution in [-0.4, -0.2) is 6.26 Å². The van der Waals surface area contributed by atoms with E-state index in [4.69, 9.17) is 0 Å². The highest BCUT2D eigenvalue weighted by Crippen LogP contribution is 2.20. The summed E-state index contributed by atoms with van der Waals surface area (Å²) < 4.78 is 0. The number of thioether (sulfide) groups is 1. The van der Waals surface area contributed by atoms with Gasteiger partial charge in [0.25, 0.3) is 0 Å². The molecule has 1 rings (SSSR count).